The molecule has 0 fully saturated rings. The van der Waals surface area contributed by atoms with Gasteiger partial charge in [-0.05, 0) is 25.7 Å². The summed E-state index contributed by atoms with van der Waals surface area (Å²) < 4.78 is 14.8. The Morgan fingerprint density at radius 1 is 1.29 bits per heavy atom. The molecule has 96 valence electrons. The van der Waals surface area contributed by atoms with E-state index in [-0.39, 0.29) is 12.2 Å². The van der Waals surface area contributed by atoms with Crippen LogP contribution in [0.4, 0.5) is 4.39 Å². The highest BCUT2D eigenvalue weighted by Gasteiger charge is 2.45. The predicted molar refractivity (Wildman–Crippen MR) is 68.4 cm³/mol. The van der Waals surface area contributed by atoms with Crippen LogP contribution >= 0.6 is 0 Å². The Bertz CT molecular complexity index is 333. The fourth-order valence-corrected chi connectivity index (χ4v) is 2.24. The molecule has 0 spiro atoms. The fourth-order valence-electron chi connectivity index (χ4n) is 2.24. The quantitative estimate of drug-likeness (QED) is 0.675. The Labute approximate surface area is 104 Å². The summed E-state index contributed by atoms with van der Waals surface area (Å²) in [6.45, 7) is 5.75. The normalized spacial score (nSPS) is 25.4. The molecule has 0 bridgehead atoms. The summed E-state index contributed by atoms with van der Waals surface area (Å²) >= 11 is 0. The lowest BCUT2D eigenvalue weighted by Crippen LogP contribution is -2.43. The summed E-state index contributed by atoms with van der Waals surface area (Å²) in [6.07, 6.45) is 5.10. The number of hydrogen-bond acceptors (Lipinski definition) is 1. The molecular weight excluding hydrogens is 215 g/mol. The Balaban J connectivity index is 2.98. The van der Waals surface area contributed by atoms with Gasteiger partial charge < -0.3 is 0 Å². The van der Waals surface area contributed by atoms with Crippen molar-refractivity contribution in [2.24, 2.45) is 5.41 Å². The number of Topliss-reactive ketones (excluding diaryl/α,β-unsaturated/α-hetero) is 1. The number of carbonyl (C=O) groups is 1. The van der Waals surface area contributed by atoms with Gasteiger partial charge in [-0.25, -0.2) is 4.39 Å². The summed E-state index contributed by atoms with van der Waals surface area (Å²) in [6, 6.07) is 0. The zero-order valence-electron chi connectivity index (χ0n) is 11.2. The number of alkyl halides is 1. The lowest BCUT2D eigenvalue weighted by molar-refractivity contribution is -0.137. The molecule has 0 aliphatic heterocycles. The van der Waals surface area contributed by atoms with E-state index in [0.717, 1.165) is 19.3 Å². The Kier molecular flexibility index (Phi) is 4.74. The van der Waals surface area contributed by atoms with Crippen molar-refractivity contribution in [1.29, 1.82) is 0 Å². The first-order chi connectivity index (χ1) is 7.98. The highest BCUT2D eigenvalue weighted by atomic mass is 19.1. The minimum absolute atomic E-state index is 0.272. The van der Waals surface area contributed by atoms with Gasteiger partial charge in [0.15, 0.2) is 5.78 Å². The van der Waals surface area contributed by atoms with E-state index in [4.69, 9.17) is 0 Å². The summed E-state index contributed by atoms with van der Waals surface area (Å²) in [4.78, 5) is 12.4. The van der Waals surface area contributed by atoms with Crippen molar-refractivity contribution in [3.63, 3.8) is 0 Å². The molecule has 0 aromatic heterocycles. The number of ketones is 1. The van der Waals surface area contributed by atoms with Crippen LogP contribution in [-0.4, -0.2) is 11.5 Å². The molecule has 17 heavy (non-hydrogen) atoms. The topological polar surface area (TPSA) is 17.1 Å². The number of carbonyl (C=O) groups excluding carboxylic acids is 1. The van der Waals surface area contributed by atoms with E-state index in [2.05, 4.69) is 11.8 Å². The van der Waals surface area contributed by atoms with Gasteiger partial charge >= 0.3 is 0 Å². The summed E-state index contributed by atoms with van der Waals surface area (Å²) in [5.41, 5.74) is -2.47. The Morgan fingerprint density at radius 3 is 2.53 bits per heavy atom. The number of rotatable bonds is 4. The highest BCUT2D eigenvalue weighted by molar-refractivity contribution is 5.95. The van der Waals surface area contributed by atoms with Gasteiger partial charge in [-0.15, -0.1) is 0 Å². The maximum atomic E-state index is 14.8. The van der Waals surface area contributed by atoms with Crippen LogP contribution in [0.5, 0.6) is 0 Å². The molecule has 0 aromatic rings. The maximum Gasteiger partial charge on any atom is 0.229 e. The van der Waals surface area contributed by atoms with E-state index in [9.17, 15) is 9.18 Å². The van der Waals surface area contributed by atoms with E-state index < -0.39 is 11.1 Å². The molecule has 0 saturated heterocycles. The van der Waals surface area contributed by atoms with Gasteiger partial charge in [0, 0.05) is 18.3 Å². The molecule has 2 heteroatoms. The standard InChI is InChI=1S/C15H23FO/c1-4-14(3,5-2)13(17)15(16)11-9-7-6-8-10-12-15/h4-9,11H2,1-3H3. The molecule has 1 nitrogen and oxygen atoms in total. The van der Waals surface area contributed by atoms with Gasteiger partial charge in [0.2, 0.25) is 5.67 Å². The predicted octanol–water partition coefficient (Wildman–Crippen LogP) is 4.06. The average molecular weight is 238 g/mol. The first-order valence-electron chi connectivity index (χ1n) is 6.72. The van der Waals surface area contributed by atoms with Gasteiger partial charge in [-0.2, -0.15) is 0 Å². The van der Waals surface area contributed by atoms with Crippen LogP contribution in [0, 0.1) is 17.3 Å². The van der Waals surface area contributed by atoms with Crippen molar-refractivity contribution in [2.75, 3.05) is 0 Å². The summed E-state index contributed by atoms with van der Waals surface area (Å²) in [5.74, 6) is 5.14. The Morgan fingerprint density at radius 2 is 1.94 bits per heavy atom. The van der Waals surface area contributed by atoms with Crippen molar-refractivity contribution in [3.8, 4) is 11.8 Å². The molecule has 1 rings (SSSR count). The molecule has 1 aliphatic rings. The zero-order valence-corrected chi connectivity index (χ0v) is 11.2. The van der Waals surface area contributed by atoms with Crippen LogP contribution < -0.4 is 0 Å². The van der Waals surface area contributed by atoms with Gasteiger partial charge in [0.05, 0.1) is 0 Å². The van der Waals surface area contributed by atoms with Crippen LogP contribution in [0.3, 0.4) is 0 Å². The largest absolute Gasteiger partial charge is 0.294 e. The van der Waals surface area contributed by atoms with Gasteiger partial charge in [-0.3, -0.25) is 4.79 Å². The van der Waals surface area contributed by atoms with Crippen LogP contribution in [-0.2, 0) is 4.79 Å². The third-order valence-corrected chi connectivity index (χ3v) is 4.08. The van der Waals surface area contributed by atoms with E-state index in [1.54, 1.807) is 0 Å². The van der Waals surface area contributed by atoms with Crippen molar-refractivity contribution < 1.29 is 9.18 Å². The summed E-state index contributed by atoms with van der Waals surface area (Å²) in [5, 5.41) is 0. The van der Waals surface area contributed by atoms with Crippen molar-refractivity contribution >= 4 is 5.78 Å². The average Bonchev–Trinajstić information content (AvgIpc) is 2.32. The van der Waals surface area contributed by atoms with E-state index in [0.29, 0.717) is 19.3 Å². The molecule has 0 saturated carbocycles. The van der Waals surface area contributed by atoms with Crippen LogP contribution in [0.2, 0.25) is 0 Å². The summed E-state index contributed by atoms with van der Waals surface area (Å²) in [7, 11) is 0. The van der Waals surface area contributed by atoms with Crippen molar-refractivity contribution in [1.82, 2.24) is 0 Å². The lowest BCUT2D eigenvalue weighted by Gasteiger charge is -2.31. The molecule has 0 aromatic carbocycles. The third kappa shape index (κ3) is 3.09. The lowest BCUT2D eigenvalue weighted by atomic mass is 9.72. The molecule has 1 atom stereocenters. The fraction of sp³-hybridized carbons (Fsp3) is 0.800. The smallest absolute Gasteiger partial charge is 0.229 e. The number of halogens is 1. The minimum Gasteiger partial charge on any atom is -0.294 e. The van der Waals surface area contributed by atoms with Gasteiger partial charge in [0.1, 0.15) is 0 Å². The SMILES string of the molecule is CCC(C)(CC)C(=O)C1(F)C#CCCCCC1. The second kappa shape index (κ2) is 5.67. The molecule has 1 aliphatic carbocycles. The van der Waals surface area contributed by atoms with E-state index in [1.165, 1.54) is 0 Å². The minimum atomic E-state index is -1.90. The van der Waals surface area contributed by atoms with Crippen molar-refractivity contribution in [3.05, 3.63) is 0 Å². The van der Waals surface area contributed by atoms with Gasteiger partial charge in [0.25, 0.3) is 0 Å². The van der Waals surface area contributed by atoms with Crippen LogP contribution in [0.25, 0.3) is 0 Å². The molecule has 0 heterocycles. The molecule has 1 unspecified atom stereocenters. The second-order valence-corrected chi connectivity index (χ2v) is 5.26. The van der Waals surface area contributed by atoms with Crippen molar-refractivity contribution in [2.45, 2.75) is 71.4 Å². The van der Waals surface area contributed by atoms with E-state index >= 15 is 0 Å². The molecule has 0 radical (unpaired) electrons. The van der Waals surface area contributed by atoms with E-state index in [1.807, 2.05) is 20.8 Å². The van der Waals surface area contributed by atoms with Gasteiger partial charge in [-0.1, -0.05) is 39.0 Å². The molecular formula is C15H23FO. The molecule has 0 N–H and O–H groups in total. The monoisotopic (exact) mass is 238 g/mol. The van der Waals surface area contributed by atoms with Crippen LogP contribution in [0.1, 0.15) is 65.7 Å². The zero-order chi connectivity index (χ0) is 12.9. The molecule has 0 amide bonds. The highest BCUT2D eigenvalue weighted by Crippen LogP contribution is 2.36. The third-order valence-electron chi connectivity index (χ3n) is 4.08. The van der Waals surface area contributed by atoms with Crippen LogP contribution in [0.15, 0.2) is 0 Å². The maximum absolute atomic E-state index is 14.8. The number of hydrogen-bond donors (Lipinski definition) is 0. The second-order valence-electron chi connectivity index (χ2n) is 5.26. The first kappa shape index (κ1) is 14.2. The Hall–Kier alpha value is -0.840. The first-order valence-corrected chi connectivity index (χ1v) is 6.72.